The normalized spacial score (nSPS) is 12.0. The molecule has 2 aromatic carbocycles. The summed E-state index contributed by atoms with van der Waals surface area (Å²) in [5.74, 6) is -0.872. The van der Waals surface area contributed by atoms with E-state index >= 15 is 0 Å². The fraction of sp³-hybridized carbons (Fsp3) is 0.304. The minimum Gasteiger partial charge on any atom is -0.451 e. The lowest BCUT2D eigenvalue weighted by Gasteiger charge is -2.17. The lowest BCUT2D eigenvalue weighted by Crippen LogP contribution is -2.38. The van der Waals surface area contributed by atoms with Crippen molar-refractivity contribution in [3.05, 3.63) is 76.2 Å². The number of nitrogens with zero attached hydrogens (tertiary/aromatic N) is 2. The third kappa shape index (κ3) is 4.92. The van der Waals surface area contributed by atoms with Gasteiger partial charge in [-0.2, -0.15) is 5.10 Å². The van der Waals surface area contributed by atoms with Crippen molar-refractivity contribution in [3.63, 3.8) is 0 Å². The van der Waals surface area contributed by atoms with Crippen LogP contribution in [0.3, 0.4) is 0 Å². The van der Waals surface area contributed by atoms with Crippen LogP contribution in [-0.4, -0.2) is 34.3 Å². The van der Waals surface area contributed by atoms with Gasteiger partial charge in [-0.15, -0.1) is 0 Å². The van der Waals surface area contributed by atoms with E-state index in [0.717, 1.165) is 5.56 Å². The Morgan fingerprint density at radius 1 is 1.00 bits per heavy atom. The first-order valence-electron chi connectivity index (χ1n) is 9.87. The molecule has 0 spiro atoms. The highest BCUT2D eigenvalue weighted by atomic mass is 16.5. The topological polar surface area (TPSA) is 90.3 Å². The molecular formula is C23H25N3O4. The number of aromatic nitrogens is 2. The average Bonchev–Trinajstić information content (AvgIpc) is 2.74. The van der Waals surface area contributed by atoms with Crippen LogP contribution in [0, 0.1) is 5.92 Å². The number of hydrogen-bond acceptors (Lipinski definition) is 5. The zero-order valence-electron chi connectivity index (χ0n) is 17.3. The molecule has 0 fully saturated rings. The van der Waals surface area contributed by atoms with Crippen LogP contribution in [0.4, 0.5) is 0 Å². The first kappa shape index (κ1) is 21.2. The van der Waals surface area contributed by atoms with Gasteiger partial charge in [-0.25, -0.2) is 9.48 Å². The Bertz CT molecular complexity index is 1110. The predicted octanol–water partition coefficient (Wildman–Crippen LogP) is 2.76. The Hall–Kier alpha value is -3.48. The minimum absolute atomic E-state index is 0.00541. The van der Waals surface area contributed by atoms with E-state index < -0.39 is 12.6 Å². The van der Waals surface area contributed by atoms with Gasteiger partial charge in [0.25, 0.3) is 11.5 Å². The summed E-state index contributed by atoms with van der Waals surface area (Å²) in [7, 11) is 0. The van der Waals surface area contributed by atoms with Crippen molar-refractivity contribution in [2.24, 2.45) is 5.92 Å². The average molecular weight is 407 g/mol. The third-order valence-corrected chi connectivity index (χ3v) is 4.96. The number of hydrogen-bond donors (Lipinski definition) is 1. The fourth-order valence-electron chi connectivity index (χ4n) is 2.91. The maximum atomic E-state index is 12.8. The number of esters is 1. The first-order chi connectivity index (χ1) is 14.4. The molecule has 0 aliphatic heterocycles. The van der Waals surface area contributed by atoms with Gasteiger partial charge in [-0.05, 0) is 24.5 Å². The van der Waals surface area contributed by atoms with Crippen LogP contribution >= 0.6 is 0 Å². The number of rotatable bonds is 7. The van der Waals surface area contributed by atoms with Gasteiger partial charge in [-0.1, -0.05) is 62.4 Å². The summed E-state index contributed by atoms with van der Waals surface area (Å²) in [5, 5.41) is 7.81. The molecule has 3 rings (SSSR count). The summed E-state index contributed by atoms with van der Waals surface area (Å²) in [5.41, 5.74) is 0.587. The van der Waals surface area contributed by atoms with Crippen LogP contribution in [0.1, 0.15) is 36.8 Å². The van der Waals surface area contributed by atoms with Crippen molar-refractivity contribution in [1.82, 2.24) is 15.1 Å². The summed E-state index contributed by atoms with van der Waals surface area (Å²) in [6, 6.07) is 16.1. The van der Waals surface area contributed by atoms with Crippen molar-refractivity contribution in [2.45, 2.75) is 33.4 Å². The Kier molecular flexibility index (Phi) is 6.61. The summed E-state index contributed by atoms with van der Waals surface area (Å²) < 4.78 is 6.44. The van der Waals surface area contributed by atoms with Gasteiger partial charge in [-0.3, -0.25) is 9.59 Å². The molecule has 1 heterocycles. The second-order valence-electron chi connectivity index (χ2n) is 7.52. The molecular weight excluding hydrogens is 382 g/mol. The van der Waals surface area contributed by atoms with E-state index in [2.05, 4.69) is 10.4 Å². The minimum atomic E-state index is -0.750. The second kappa shape index (κ2) is 9.35. The van der Waals surface area contributed by atoms with E-state index in [9.17, 15) is 14.4 Å². The number of carbonyl (C=O) groups is 2. The quantitative estimate of drug-likeness (QED) is 0.608. The molecule has 7 nitrogen and oxygen atoms in total. The number of ether oxygens (including phenoxy) is 1. The van der Waals surface area contributed by atoms with Crippen LogP contribution in [0.5, 0.6) is 0 Å². The van der Waals surface area contributed by atoms with E-state index in [1.54, 1.807) is 24.3 Å². The first-order valence-corrected chi connectivity index (χ1v) is 9.87. The highest BCUT2D eigenvalue weighted by molar-refractivity contribution is 6.02. The zero-order valence-corrected chi connectivity index (χ0v) is 17.3. The van der Waals surface area contributed by atoms with Gasteiger partial charge in [0, 0.05) is 11.4 Å². The molecule has 30 heavy (non-hydrogen) atoms. The number of amides is 1. The molecule has 0 unspecified atom stereocenters. The standard InChI is InChI=1S/C23H25N3O4/c1-15(2)16(3)24-20(27)14-30-23(29)21-18-11-7-8-12-19(18)22(28)26(25-21)13-17-9-5-4-6-10-17/h4-12,15-16H,13-14H2,1-3H3,(H,24,27)/t16-/m1/s1. The lowest BCUT2D eigenvalue weighted by molar-refractivity contribution is -0.125. The molecule has 1 amide bonds. The second-order valence-corrected chi connectivity index (χ2v) is 7.52. The summed E-state index contributed by atoms with van der Waals surface area (Å²) in [6.07, 6.45) is 0. The SMILES string of the molecule is CC(C)[C@@H](C)NC(=O)COC(=O)c1nn(Cc2ccccc2)c(=O)c2ccccc12. The Morgan fingerprint density at radius 2 is 1.63 bits per heavy atom. The van der Waals surface area contributed by atoms with Crippen LogP contribution in [-0.2, 0) is 16.1 Å². The van der Waals surface area contributed by atoms with Gasteiger partial charge in [0.15, 0.2) is 12.3 Å². The lowest BCUT2D eigenvalue weighted by atomic mass is 10.1. The van der Waals surface area contributed by atoms with E-state index in [4.69, 9.17) is 4.74 Å². The van der Waals surface area contributed by atoms with Gasteiger partial charge in [0.1, 0.15) is 0 Å². The van der Waals surface area contributed by atoms with Crippen LogP contribution < -0.4 is 10.9 Å². The number of benzene rings is 2. The molecule has 0 aliphatic rings. The molecule has 0 saturated heterocycles. The molecule has 1 atom stereocenters. The highest BCUT2D eigenvalue weighted by Gasteiger charge is 2.20. The predicted molar refractivity (Wildman–Crippen MR) is 114 cm³/mol. The molecule has 0 radical (unpaired) electrons. The van der Waals surface area contributed by atoms with Crippen molar-refractivity contribution in [2.75, 3.05) is 6.61 Å². The van der Waals surface area contributed by atoms with E-state index in [-0.39, 0.29) is 35.7 Å². The van der Waals surface area contributed by atoms with Crippen molar-refractivity contribution < 1.29 is 14.3 Å². The van der Waals surface area contributed by atoms with Crippen LogP contribution in [0.2, 0.25) is 0 Å². The molecule has 0 aliphatic carbocycles. The Balaban J connectivity index is 1.87. The van der Waals surface area contributed by atoms with E-state index in [0.29, 0.717) is 10.8 Å². The molecule has 3 aromatic rings. The largest absolute Gasteiger partial charge is 0.451 e. The maximum Gasteiger partial charge on any atom is 0.359 e. The monoisotopic (exact) mass is 407 g/mol. The molecule has 0 saturated carbocycles. The number of carbonyl (C=O) groups excluding carboxylic acids is 2. The molecule has 7 heteroatoms. The molecule has 156 valence electrons. The smallest absolute Gasteiger partial charge is 0.359 e. The fourth-order valence-corrected chi connectivity index (χ4v) is 2.91. The van der Waals surface area contributed by atoms with Gasteiger partial charge in [0.2, 0.25) is 0 Å². The van der Waals surface area contributed by atoms with Crippen molar-refractivity contribution in [1.29, 1.82) is 0 Å². The third-order valence-electron chi connectivity index (χ3n) is 4.96. The van der Waals surface area contributed by atoms with Crippen molar-refractivity contribution >= 4 is 22.6 Å². The Labute approximate surface area is 174 Å². The summed E-state index contributed by atoms with van der Waals surface area (Å²) in [4.78, 5) is 37.6. The zero-order chi connectivity index (χ0) is 21.7. The van der Waals surface area contributed by atoms with Gasteiger partial charge < -0.3 is 10.1 Å². The van der Waals surface area contributed by atoms with Crippen LogP contribution in [0.15, 0.2) is 59.4 Å². The number of fused-ring (bicyclic) bond motifs is 1. The van der Waals surface area contributed by atoms with Crippen molar-refractivity contribution in [3.8, 4) is 0 Å². The summed E-state index contributed by atoms with van der Waals surface area (Å²) >= 11 is 0. The molecule has 1 aromatic heterocycles. The molecule has 0 bridgehead atoms. The Morgan fingerprint density at radius 3 is 2.30 bits per heavy atom. The van der Waals surface area contributed by atoms with E-state index in [1.165, 1.54) is 4.68 Å². The molecule has 1 N–H and O–H groups in total. The van der Waals surface area contributed by atoms with Gasteiger partial charge >= 0.3 is 5.97 Å². The maximum absolute atomic E-state index is 12.8. The van der Waals surface area contributed by atoms with Gasteiger partial charge in [0.05, 0.1) is 11.9 Å². The highest BCUT2D eigenvalue weighted by Crippen LogP contribution is 2.15. The van der Waals surface area contributed by atoms with E-state index in [1.807, 2.05) is 51.1 Å². The summed E-state index contributed by atoms with van der Waals surface area (Å²) in [6.45, 7) is 5.67. The van der Waals surface area contributed by atoms with Crippen LogP contribution in [0.25, 0.3) is 10.8 Å². The number of nitrogens with one attached hydrogen (secondary N) is 1.